The van der Waals surface area contributed by atoms with Crippen molar-refractivity contribution in [3.63, 3.8) is 0 Å². The predicted octanol–water partition coefficient (Wildman–Crippen LogP) is 1.34. The summed E-state index contributed by atoms with van der Waals surface area (Å²) in [5.41, 5.74) is 0.806. The van der Waals surface area contributed by atoms with Crippen LogP contribution in [0.3, 0.4) is 0 Å². The first-order valence-electron chi connectivity index (χ1n) is 4.36. The molecule has 1 aliphatic heterocycles. The van der Waals surface area contributed by atoms with Crippen LogP contribution in [0.4, 0.5) is 4.79 Å². The van der Waals surface area contributed by atoms with Crippen LogP contribution in [0.15, 0.2) is 6.33 Å². The van der Waals surface area contributed by atoms with Crippen molar-refractivity contribution in [2.75, 3.05) is 6.61 Å². The fourth-order valence-corrected chi connectivity index (χ4v) is 1.78. The van der Waals surface area contributed by atoms with E-state index in [2.05, 4.69) is 10.3 Å². The van der Waals surface area contributed by atoms with E-state index in [0.29, 0.717) is 11.8 Å². The van der Waals surface area contributed by atoms with Crippen LogP contribution >= 0.6 is 11.6 Å². The molecule has 1 N–H and O–H groups in total. The van der Waals surface area contributed by atoms with Gasteiger partial charge >= 0.3 is 6.09 Å². The molecular formula is C8H10ClN3O2. The second-order valence-electron chi connectivity index (χ2n) is 3.00. The topological polar surface area (TPSA) is 56.2 Å². The van der Waals surface area contributed by atoms with Gasteiger partial charge in [-0.25, -0.2) is 9.78 Å². The summed E-state index contributed by atoms with van der Waals surface area (Å²) in [7, 11) is 0. The molecule has 1 unspecified atom stereocenters. The maximum absolute atomic E-state index is 10.9. The molecule has 5 nitrogen and oxygen atoms in total. The van der Waals surface area contributed by atoms with Crippen LogP contribution in [0.25, 0.3) is 0 Å². The highest BCUT2D eigenvalue weighted by atomic mass is 35.5. The van der Waals surface area contributed by atoms with Crippen molar-refractivity contribution >= 4 is 17.7 Å². The van der Waals surface area contributed by atoms with Gasteiger partial charge in [0, 0.05) is 6.54 Å². The van der Waals surface area contributed by atoms with Crippen LogP contribution in [0.2, 0.25) is 5.15 Å². The Hall–Kier alpha value is -1.23. The average Bonchev–Trinajstić information content (AvgIpc) is 2.71. The van der Waals surface area contributed by atoms with Crippen LogP contribution < -0.4 is 5.32 Å². The van der Waals surface area contributed by atoms with Gasteiger partial charge in [-0.15, -0.1) is 0 Å². The first kappa shape index (κ1) is 9.33. The van der Waals surface area contributed by atoms with Gasteiger partial charge in [-0.05, 0) is 6.92 Å². The SMILES string of the molecule is CCn1cnc(Cl)c1C1COC(=O)N1. The number of hydrogen-bond acceptors (Lipinski definition) is 3. The van der Waals surface area contributed by atoms with Gasteiger partial charge in [0.2, 0.25) is 0 Å². The lowest BCUT2D eigenvalue weighted by atomic mass is 10.2. The number of halogens is 1. The number of ether oxygens (including phenoxy) is 1. The van der Waals surface area contributed by atoms with E-state index >= 15 is 0 Å². The van der Waals surface area contributed by atoms with E-state index in [1.54, 1.807) is 6.33 Å². The highest BCUT2D eigenvalue weighted by molar-refractivity contribution is 6.30. The van der Waals surface area contributed by atoms with Crippen molar-refractivity contribution in [1.82, 2.24) is 14.9 Å². The minimum Gasteiger partial charge on any atom is -0.447 e. The van der Waals surface area contributed by atoms with Gasteiger partial charge in [0.1, 0.15) is 12.6 Å². The fraction of sp³-hybridized carbons (Fsp3) is 0.500. The van der Waals surface area contributed by atoms with E-state index in [1.807, 2.05) is 11.5 Å². The maximum Gasteiger partial charge on any atom is 0.407 e. The second-order valence-corrected chi connectivity index (χ2v) is 3.36. The zero-order valence-corrected chi connectivity index (χ0v) is 8.41. The predicted molar refractivity (Wildman–Crippen MR) is 50.1 cm³/mol. The highest BCUT2D eigenvalue weighted by Gasteiger charge is 2.28. The molecule has 6 heteroatoms. The van der Waals surface area contributed by atoms with E-state index in [-0.39, 0.29) is 6.04 Å². The fourth-order valence-electron chi connectivity index (χ4n) is 1.50. The third-order valence-corrected chi connectivity index (χ3v) is 2.47. The molecule has 0 saturated carbocycles. The zero-order valence-electron chi connectivity index (χ0n) is 7.66. The number of aromatic nitrogens is 2. The molecule has 1 aromatic heterocycles. The standard InChI is InChI=1S/C8H10ClN3O2/c1-2-12-4-10-7(9)6(12)5-3-14-8(13)11-5/h4-5H,2-3H2,1H3,(H,11,13). The third kappa shape index (κ3) is 1.43. The molecule has 1 saturated heterocycles. The summed E-state index contributed by atoms with van der Waals surface area (Å²) in [5, 5.41) is 3.08. The highest BCUT2D eigenvalue weighted by Crippen LogP contribution is 2.24. The zero-order chi connectivity index (χ0) is 10.1. The van der Waals surface area contributed by atoms with Crippen LogP contribution in [0.1, 0.15) is 18.7 Å². The number of cyclic esters (lactones) is 1. The molecular weight excluding hydrogens is 206 g/mol. The number of nitrogens with one attached hydrogen (secondary N) is 1. The van der Waals surface area contributed by atoms with Gasteiger partial charge in [-0.2, -0.15) is 0 Å². The van der Waals surface area contributed by atoms with Crippen molar-refractivity contribution in [1.29, 1.82) is 0 Å². The summed E-state index contributed by atoms with van der Waals surface area (Å²) in [5.74, 6) is 0. The third-order valence-electron chi connectivity index (χ3n) is 2.18. The Labute approximate surface area is 86.0 Å². The van der Waals surface area contributed by atoms with Gasteiger partial charge in [0.25, 0.3) is 0 Å². The first-order chi connectivity index (χ1) is 6.72. The van der Waals surface area contributed by atoms with Gasteiger partial charge in [0.05, 0.1) is 12.0 Å². The Morgan fingerprint density at radius 1 is 1.86 bits per heavy atom. The maximum atomic E-state index is 10.9. The molecule has 2 rings (SSSR count). The smallest absolute Gasteiger partial charge is 0.407 e. The molecule has 1 fully saturated rings. The minimum absolute atomic E-state index is 0.183. The Bertz CT molecular complexity index is 363. The molecule has 76 valence electrons. The molecule has 0 aliphatic carbocycles. The Morgan fingerprint density at radius 2 is 2.64 bits per heavy atom. The Kier molecular flexibility index (Phi) is 2.33. The quantitative estimate of drug-likeness (QED) is 0.810. The molecule has 0 aromatic carbocycles. The number of amides is 1. The summed E-state index contributed by atoms with van der Waals surface area (Å²) < 4.78 is 6.68. The van der Waals surface area contributed by atoms with Crippen molar-refractivity contribution in [3.05, 3.63) is 17.2 Å². The Morgan fingerprint density at radius 3 is 3.21 bits per heavy atom. The number of carbonyl (C=O) groups is 1. The van der Waals surface area contributed by atoms with Crippen LogP contribution in [0.5, 0.6) is 0 Å². The number of imidazole rings is 1. The van der Waals surface area contributed by atoms with Gasteiger partial charge in [0.15, 0.2) is 5.15 Å². The molecule has 1 atom stereocenters. The molecule has 1 aliphatic rings. The average molecular weight is 216 g/mol. The lowest BCUT2D eigenvalue weighted by Crippen LogP contribution is -2.21. The van der Waals surface area contributed by atoms with Crippen molar-refractivity contribution in [3.8, 4) is 0 Å². The van der Waals surface area contributed by atoms with E-state index < -0.39 is 6.09 Å². The van der Waals surface area contributed by atoms with E-state index in [4.69, 9.17) is 16.3 Å². The molecule has 0 spiro atoms. The van der Waals surface area contributed by atoms with E-state index in [1.165, 1.54) is 0 Å². The summed E-state index contributed by atoms with van der Waals surface area (Å²) in [4.78, 5) is 14.8. The molecule has 1 aromatic rings. The largest absolute Gasteiger partial charge is 0.447 e. The van der Waals surface area contributed by atoms with Crippen molar-refractivity contribution in [2.45, 2.75) is 19.5 Å². The Balaban J connectivity index is 2.30. The summed E-state index contributed by atoms with van der Waals surface area (Å²) in [6.45, 7) is 3.06. The number of aryl methyl sites for hydroxylation is 1. The molecule has 14 heavy (non-hydrogen) atoms. The number of carbonyl (C=O) groups excluding carboxylic acids is 1. The summed E-state index contributed by atoms with van der Waals surface area (Å²) >= 11 is 5.91. The minimum atomic E-state index is -0.407. The second kappa shape index (κ2) is 3.49. The van der Waals surface area contributed by atoms with Crippen LogP contribution in [0, 0.1) is 0 Å². The van der Waals surface area contributed by atoms with Crippen LogP contribution in [-0.2, 0) is 11.3 Å². The van der Waals surface area contributed by atoms with Crippen molar-refractivity contribution < 1.29 is 9.53 Å². The summed E-state index contributed by atoms with van der Waals surface area (Å²) in [6.07, 6.45) is 1.25. The number of hydrogen-bond donors (Lipinski definition) is 1. The molecule has 1 amide bonds. The normalized spacial score (nSPS) is 20.7. The van der Waals surface area contributed by atoms with Gasteiger partial charge in [-0.1, -0.05) is 11.6 Å². The lowest BCUT2D eigenvalue weighted by Gasteiger charge is -2.10. The van der Waals surface area contributed by atoms with Gasteiger partial charge in [-0.3, -0.25) is 0 Å². The van der Waals surface area contributed by atoms with Crippen molar-refractivity contribution in [2.24, 2.45) is 0 Å². The number of alkyl carbamates (subject to hydrolysis) is 1. The molecule has 0 bridgehead atoms. The lowest BCUT2D eigenvalue weighted by molar-refractivity contribution is 0.176. The number of rotatable bonds is 2. The monoisotopic (exact) mass is 215 g/mol. The van der Waals surface area contributed by atoms with E-state index in [9.17, 15) is 4.79 Å². The first-order valence-corrected chi connectivity index (χ1v) is 4.74. The molecule has 0 radical (unpaired) electrons. The van der Waals surface area contributed by atoms with Gasteiger partial charge < -0.3 is 14.6 Å². The summed E-state index contributed by atoms with van der Waals surface area (Å²) in [6, 6.07) is -0.183. The number of nitrogens with zero attached hydrogens (tertiary/aromatic N) is 2. The van der Waals surface area contributed by atoms with Crippen LogP contribution in [-0.4, -0.2) is 22.3 Å². The van der Waals surface area contributed by atoms with E-state index in [0.717, 1.165) is 12.2 Å². The molecule has 2 heterocycles.